The van der Waals surface area contributed by atoms with Gasteiger partial charge in [-0.15, -0.1) is 0 Å². The number of aromatic nitrogens is 1. The first-order valence-corrected chi connectivity index (χ1v) is 9.44. The second-order valence-electron chi connectivity index (χ2n) is 7.45. The Kier molecular flexibility index (Phi) is 4.39. The van der Waals surface area contributed by atoms with Gasteiger partial charge < -0.3 is 14.5 Å². The summed E-state index contributed by atoms with van der Waals surface area (Å²) in [6, 6.07) is 10.8. The SMILES string of the molecule is COc1ccc(CC2CCCc3c2[nH]c2c(C)ccc(C)c32)cc1OC. The normalized spacial score (nSPS) is 16.5. The maximum absolute atomic E-state index is 5.48. The van der Waals surface area contributed by atoms with Crippen LogP contribution in [-0.2, 0) is 12.8 Å². The molecule has 1 heterocycles. The molecule has 2 aromatic carbocycles. The fourth-order valence-corrected chi connectivity index (χ4v) is 4.48. The standard InChI is InChI=1S/C23H27NO2/c1-14-8-9-15(2)22-21(14)18-7-5-6-17(23(18)24-22)12-16-10-11-19(25-3)20(13-16)26-4/h8-11,13,17,24H,5-7,12H2,1-4H3. The largest absolute Gasteiger partial charge is 0.493 e. The highest BCUT2D eigenvalue weighted by Crippen LogP contribution is 2.40. The zero-order valence-electron chi connectivity index (χ0n) is 16.1. The lowest BCUT2D eigenvalue weighted by atomic mass is 9.82. The minimum absolute atomic E-state index is 0.531. The maximum Gasteiger partial charge on any atom is 0.160 e. The minimum Gasteiger partial charge on any atom is -0.493 e. The summed E-state index contributed by atoms with van der Waals surface area (Å²) in [5.74, 6) is 2.13. The van der Waals surface area contributed by atoms with E-state index in [1.165, 1.54) is 58.1 Å². The first-order chi connectivity index (χ1) is 12.6. The number of fused-ring (bicyclic) bond motifs is 3. The molecule has 0 bridgehead atoms. The fourth-order valence-electron chi connectivity index (χ4n) is 4.48. The smallest absolute Gasteiger partial charge is 0.160 e. The molecule has 136 valence electrons. The van der Waals surface area contributed by atoms with E-state index in [-0.39, 0.29) is 0 Å². The van der Waals surface area contributed by atoms with E-state index >= 15 is 0 Å². The molecule has 0 amide bonds. The van der Waals surface area contributed by atoms with Crippen molar-refractivity contribution in [2.45, 2.75) is 45.4 Å². The molecule has 3 heteroatoms. The van der Waals surface area contributed by atoms with Crippen molar-refractivity contribution in [3.8, 4) is 11.5 Å². The van der Waals surface area contributed by atoms with E-state index in [2.05, 4.69) is 43.1 Å². The number of H-pyrrole nitrogens is 1. The van der Waals surface area contributed by atoms with Crippen LogP contribution in [0.25, 0.3) is 10.9 Å². The average molecular weight is 349 g/mol. The van der Waals surface area contributed by atoms with Crippen LogP contribution in [-0.4, -0.2) is 19.2 Å². The number of rotatable bonds is 4. The van der Waals surface area contributed by atoms with Crippen LogP contribution in [0.4, 0.5) is 0 Å². The Bertz CT molecular complexity index is 954. The van der Waals surface area contributed by atoms with Crippen molar-refractivity contribution in [1.82, 2.24) is 4.98 Å². The topological polar surface area (TPSA) is 34.2 Å². The van der Waals surface area contributed by atoms with E-state index in [9.17, 15) is 0 Å². The molecule has 1 aromatic heterocycles. The van der Waals surface area contributed by atoms with Crippen molar-refractivity contribution >= 4 is 10.9 Å². The molecule has 0 saturated carbocycles. The number of ether oxygens (including phenoxy) is 2. The number of benzene rings is 2. The summed E-state index contributed by atoms with van der Waals surface area (Å²) in [6.07, 6.45) is 4.69. The van der Waals surface area contributed by atoms with E-state index < -0.39 is 0 Å². The van der Waals surface area contributed by atoms with Gasteiger partial charge in [0.05, 0.1) is 14.2 Å². The van der Waals surface area contributed by atoms with Gasteiger partial charge in [0.1, 0.15) is 0 Å². The highest BCUT2D eigenvalue weighted by Gasteiger charge is 2.26. The summed E-state index contributed by atoms with van der Waals surface area (Å²) in [5, 5.41) is 1.46. The van der Waals surface area contributed by atoms with Gasteiger partial charge in [-0.2, -0.15) is 0 Å². The number of hydrogen-bond acceptors (Lipinski definition) is 2. The Balaban J connectivity index is 1.73. The van der Waals surface area contributed by atoms with E-state index in [1.54, 1.807) is 14.2 Å². The Morgan fingerprint density at radius 1 is 1.00 bits per heavy atom. The van der Waals surface area contributed by atoms with Crippen LogP contribution in [0, 0.1) is 13.8 Å². The second-order valence-corrected chi connectivity index (χ2v) is 7.45. The predicted molar refractivity (Wildman–Crippen MR) is 107 cm³/mol. The van der Waals surface area contributed by atoms with Gasteiger partial charge in [0.25, 0.3) is 0 Å². The molecule has 0 radical (unpaired) electrons. The van der Waals surface area contributed by atoms with E-state index in [0.717, 1.165) is 17.9 Å². The van der Waals surface area contributed by atoms with Gasteiger partial charge in [-0.3, -0.25) is 0 Å². The van der Waals surface area contributed by atoms with Gasteiger partial charge in [-0.1, -0.05) is 18.2 Å². The summed E-state index contributed by atoms with van der Waals surface area (Å²) in [5.41, 5.74) is 8.33. The molecule has 26 heavy (non-hydrogen) atoms. The minimum atomic E-state index is 0.531. The van der Waals surface area contributed by atoms with Crippen LogP contribution in [0.2, 0.25) is 0 Å². The van der Waals surface area contributed by atoms with Crippen molar-refractivity contribution in [2.75, 3.05) is 14.2 Å². The van der Waals surface area contributed by atoms with Crippen LogP contribution in [0.1, 0.15) is 46.7 Å². The monoisotopic (exact) mass is 349 g/mol. The quantitative estimate of drug-likeness (QED) is 0.678. The average Bonchev–Trinajstić information content (AvgIpc) is 3.06. The van der Waals surface area contributed by atoms with Crippen molar-refractivity contribution in [3.63, 3.8) is 0 Å². The molecule has 0 saturated heterocycles. The Labute approximate surface area is 155 Å². The molecule has 1 unspecified atom stereocenters. The van der Waals surface area contributed by atoms with E-state index in [4.69, 9.17) is 9.47 Å². The third kappa shape index (κ3) is 2.76. The molecule has 0 spiro atoms. The van der Waals surface area contributed by atoms with Crippen LogP contribution < -0.4 is 9.47 Å². The Hall–Kier alpha value is -2.42. The maximum atomic E-state index is 5.48. The highest BCUT2D eigenvalue weighted by atomic mass is 16.5. The number of nitrogens with one attached hydrogen (secondary N) is 1. The van der Waals surface area contributed by atoms with Crippen molar-refractivity contribution in [2.24, 2.45) is 0 Å². The van der Waals surface area contributed by atoms with E-state index in [1.807, 2.05) is 6.07 Å². The Morgan fingerprint density at radius 2 is 1.77 bits per heavy atom. The third-order valence-electron chi connectivity index (χ3n) is 5.83. The van der Waals surface area contributed by atoms with Crippen molar-refractivity contribution in [1.29, 1.82) is 0 Å². The third-order valence-corrected chi connectivity index (χ3v) is 5.83. The van der Waals surface area contributed by atoms with Gasteiger partial charge in [0.15, 0.2) is 11.5 Å². The van der Waals surface area contributed by atoms with Gasteiger partial charge >= 0.3 is 0 Å². The number of hydrogen-bond donors (Lipinski definition) is 1. The molecule has 0 fully saturated rings. The number of aryl methyl sites for hydroxylation is 3. The molecule has 4 rings (SSSR count). The second kappa shape index (κ2) is 6.71. The lowest BCUT2D eigenvalue weighted by Crippen LogP contribution is -2.12. The summed E-state index contributed by atoms with van der Waals surface area (Å²) < 4.78 is 10.9. The molecule has 1 aliphatic carbocycles. The highest BCUT2D eigenvalue weighted by molar-refractivity contribution is 5.90. The van der Waals surface area contributed by atoms with Crippen LogP contribution >= 0.6 is 0 Å². The molecule has 1 aliphatic rings. The van der Waals surface area contributed by atoms with Gasteiger partial charge in [0, 0.05) is 22.5 Å². The van der Waals surface area contributed by atoms with Crippen LogP contribution in [0.15, 0.2) is 30.3 Å². The molecule has 3 nitrogen and oxygen atoms in total. The van der Waals surface area contributed by atoms with Crippen LogP contribution in [0.5, 0.6) is 11.5 Å². The molecule has 1 atom stereocenters. The van der Waals surface area contributed by atoms with Crippen molar-refractivity contribution in [3.05, 3.63) is 58.3 Å². The van der Waals surface area contributed by atoms with Gasteiger partial charge in [-0.05, 0) is 73.9 Å². The van der Waals surface area contributed by atoms with Crippen molar-refractivity contribution < 1.29 is 9.47 Å². The lowest BCUT2D eigenvalue weighted by molar-refractivity contribution is 0.354. The first kappa shape index (κ1) is 17.0. The summed E-state index contributed by atoms with van der Waals surface area (Å²) in [6.45, 7) is 4.43. The first-order valence-electron chi connectivity index (χ1n) is 9.44. The van der Waals surface area contributed by atoms with Crippen LogP contribution in [0.3, 0.4) is 0 Å². The number of aromatic amines is 1. The summed E-state index contributed by atoms with van der Waals surface area (Å²) in [7, 11) is 3.38. The van der Waals surface area contributed by atoms with Gasteiger partial charge in [-0.25, -0.2) is 0 Å². The lowest BCUT2D eigenvalue weighted by Gasteiger charge is -2.23. The van der Waals surface area contributed by atoms with E-state index in [0.29, 0.717) is 5.92 Å². The molecule has 1 N–H and O–H groups in total. The molecular weight excluding hydrogens is 322 g/mol. The molecule has 0 aliphatic heterocycles. The molecular formula is C23H27NO2. The summed E-state index contributed by atoms with van der Waals surface area (Å²) >= 11 is 0. The fraction of sp³-hybridized carbons (Fsp3) is 0.391. The zero-order valence-corrected chi connectivity index (χ0v) is 16.1. The van der Waals surface area contributed by atoms with Gasteiger partial charge in [0.2, 0.25) is 0 Å². The predicted octanol–water partition coefficient (Wildman–Crippen LogP) is 5.46. The molecule has 3 aromatic rings. The summed E-state index contributed by atoms with van der Waals surface area (Å²) in [4.78, 5) is 3.79. The Morgan fingerprint density at radius 3 is 2.54 bits per heavy atom. The number of methoxy groups -OCH3 is 2. The zero-order chi connectivity index (χ0) is 18.3.